The molecule has 2 fully saturated rings. The Bertz CT molecular complexity index is 857. The Kier molecular flexibility index (Phi) is 5.87. The topological polar surface area (TPSA) is 61.7 Å². The zero-order valence-electron chi connectivity index (χ0n) is 15.2. The summed E-state index contributed by atoms with van der Waals surface area (Å²) >= 11 is 12.1. The number of nitrogens with zero attached hydrogens (tertiary/aromatic N) is 4. The van der Waals surface area contributed by atoms with Gasteiger partial charge in [0.1, 0.15) is 29.9 Å². The normalized spacial score (nSPS) is 22.7. The fourth-order valence-electron chi connectivity index (χ4n) is 3.82. The first kappa shape index (κ1) is 19.6. The van der Waals surface area contributed by atoms with Gasteiger partial charge < -0.3 is 19.6 Å². The van der Waals surface area contributed by atoms with E-state index in [0.29, 0.717) is 30.3 Å². The van der Waals surface area contributed by atoms with Gasteiger partial charge in [-0.05, 0) is 25.0 Å². The van der Waals surface area contributed by atoms with Crippen molar-refractivity contribution in [2.24, 2.45) is 0 Å². The van der Waals surface area contributed by atoms with Gasteiger partial charge in [0.25, 0.3) is 0 Å². The summed E-state index contributed by atoms with van der Waals surface area (Å²) in [4.78, 5) is 13.0. The van der Waals surface area contributed by atoms with Crippen LogP contribution in [0.5, 0.6) is 0 Å². The van der Waals surface area contributed by atoms with E-state index in [9.17, 15) is 9.50 Å². The highest BCUT2D eigenvalue weighted by Crippen LogP contribution is 2.34. The first-order valence-electron chi connectivity index (χ1n) is 9.27. The Labute approximate surface area is 172 Å². The molecular formula is C19H21Cl2FN4O2. The molecule has 2 aromatic rings. The van der Waals surface area contributed by atoms with Gasteiger partial charge >= 0.3 is 0 Å². The maximum atomic E-state index is 13.9. The Morgan fingerprint density at radius 2 is 1.96 bits per heavy atom. The molecule has 0 amide bonds. The van der Waals surface area contributed by atoms with Crippen LogP contribution in [-0.2, 0) is 4.74 Å². The number of aromatic nitrogens is 2. The highest BCUT2D eigenvalue weighted by molar-refractivity contribution is 6.35. The number of aliphatic hydroxyl groups excluding tert-OH is 1. The summed E-state index contributed by atoms with van der Waals surface area (Å²) in [6.07, 6.45) is 3.14. The minimum absolute atomic E-state index is 0.00842. The third-order valence-electron chi connectivity index (χ3n) is 5.30. The number of rotatable bonds is 4. The van der Waals surface area contributed by atoms with Crippen LogP contribution in [0, 0.1) is 5.82 Å². The second-order valence-electron chi connectivity index (χ2n) is 7.00. The average molecular weight is 427 g/mol. The summed E-state index contributed by atoms with van der Waals surface area (Å²) in [6, 6.07) is 4.76. The molecule has 4 rings (SSSR count). The van der Waals surface area contributed by atoms with Crippen molar-refractivity contribution in [2.75, 3.05) is 42.6 Å². The van der Waals surface area contributed by atoms with Crippen LogP contribution in [0.3, 0.4) is 0 Å². The molecule has 1 N–H and O–H groups in total. The van der Waals surface area contributed by atoms with E-state index in [2.05, 4.69) is 19.8 Å². The van der Waals surface area contributed by atoms with Crippen LogP contribution in [-0.4, -0.2) is 54.0 Å². The molecule has 2 aliphatic heterocycles. The van der Waals surface area contributed by atoms with Gasteiger partial charge in [0, 0.05) is 36.3 Å². The summed E-state index contributed by atoms with van der Waals surface area (Å²) in [6.45, 7) is 2.59. The van der Waals surface area contributed by atoms with E-state index in [1.54, 1.807) is 0 Å². The highest BCUT2D eigenvalue weighted by atomic mass is 35.5. The minimum atomic E-state index is -0.518. The van der Waals surface area contributed by atoms with E-state index < -0.39 is 5.82 Å². The molecule has 28 heavy (non-hydrogen) atoms. The van der Waals surface area contributed by atoms with Gasteiger partial charge in [-0.25, -0.2) is 14.4 Å². The summed E-state index contributed by atoms with van der Waals surface area (Å²) < 4.78 is 19.8. The first-order valence-corrected chi connectivity index (χ1v) is 10.0. The van der Waals surface area contributed by atoms with Crippen molar-refractivity contribution in [3.8, 4) is 0 Å². The van der Waals surface area contributed by atoms with E-state index in [1.807, 2.05) is 6.07 Å². The van der Waals surface area contributed by atoms with Gasteiger partial charge in [0.2, 0.25) is 0 Å². The van der Waals surface area contributed by atoms with Crippen LogP contribution >= 0.6 is 23.2 Å². The van der Waals surface area contributed by atoms with Crippen LogP contribution in [0.2, 0.25) is 10.0 Å². The highest BCUT2D eigenvalue weighted by Gasteiger charge is 2.28. The molecule has 0 saturated carbocycles. The number of benzene rings is 1. The first-order chi connectivity index (χ1) is 13.6. The van der Waals surface area contributed by atoms with Crippen molar-refractivity contribution in [2.45, 2.75) is 25.0 Å². The summed E-state index contributed by atoms with van der Waals surface area (Å²) in [5.41, 5.74) is 0.572. The standard InChI is InChI=1S/C19H21Cl2FN4O2/c20-14-7-15(21)16(22)6-13(14)17-9-25(4-5-28-17)18-8-19(24-11-23-18)26-3-1-2-12(26)10-27/h6-8,11-12,17,27H,1-5,9-10H2. The molecule has 2 atom stereocenters. The molecule has 1 aromatic heterocycles. The van der Waals surface area contributed by atoms with Crippen molar-refractivity contribution < 1.29 is 14.2 Å². The van der Waals surface area contributed by atoms with Crippen molar-refractivity contribution in [1.29, 1.82) is 0 Å². The Morgan fingerprint density at radius 1 is 1.14 bits per heavy atom. The zero-order valence-corrected chi connectivity index (χ0v) is 16.7. The molecule has 150 valence electrons. The molecule has 0 spiro atoms. The van der Waals surface area contributed by atoms with E-state index in [4.69, 9.17) is 27.9 Å². The average Bonchev–Trinajstić information content (AvgIpc) is 3.20. The van der Waals surface area contributed by atoms with Crippen LogP contribution in [0.25, 0.3) is 0 Å². The van der Waals surface area contributed by atoms with E-state index in [1.165, 1.54) is 18.5 Å². The maximum Gasteiger partial charge on any atom is 0.142 e. The second kappa shape index (κ2) is 8.37. The lowest BCUT2D eigenvalue weighted by Crippen LogP contribution is -2.39. The number of halogens is 3. The molecule has 1 aromatic carbocycles. The zero-order chi connectivity index (χ0) is 19.7. The smallest absolute Gasteiger partial charge is 0.142 e. The lowest BCUT2D eigenvalue weighted by molar-refractivity contribution is 0.0394. The Hall–Kier alpha value is -1.67. The SMILES string of the molecule is OCC1CCCN1c1cc(N2CCOC(c3cc(F)c(Cl)cc3Cl)C2)ncn1. The third kappa shape index (κ3) is 3.89. The number of morpholine rings is 1. The molecule has 0 aliphatic carbocycles. The lowest BCUT2D eigenvalue weighted by atomic mass is 10.1. The fourth-order valence-corrected chi connectivity index (χ4v) is 4.33. The van der Waals surface area contributed by atoms with E-state index >= 15 is 0 Å². The molecule has 0 radical (unpaired) electrons. The lowest BCUT2D eigenvalue weighted by Gasteiger charge is -2.34. The number of aliphatic hydroxyl groups is 1. The largest absolute Gasteiger partial charge is 0.394 e. The van der Waals surface area contributed by atoms with Gasteiger partial charge in [-0.15, -0.1) is 0 Å². The summed E-state index contributed by atoms with van der Waals surface area (Å²) in [7, 11) is 0. The summed E-state index contributed by atoms with van der Waals surface area (Å²) in [5.74, 6) is 1.06. The van der Waals surface area contributed by atoms with Gasteiger partial charge in [-0.3, -0.25) is 0 Å². The number of ether oxygens (including phenoxy) is 1. The molecule has 2 aliphatic rings. The van der Waals surface area contributed by atoms with Crippen LogP contribution in [0.1, 0.15) is 24.5 Å². The molecule has 2 saturated heterocycles. The van der Waals surface area contributed by atoms with Crippen molar-refractivity contribution in [1.82, 2.24) is 9.97 Å². The van der Waals surface area contributed by atoms with Gasteiger partial charge in [0.05, 0.1) is 24.3 Å². The van der Waals surface area contributed by atoms with Crippen LogP contribution < -0.4 is 9.80 Å². The Balaban J connectivity index is 1.55. The second-order valence-corrected chi connectivity index (χ2v) is 7.81. The van der Waals surface area contributed by atoms with Crippen molar-refractivity contribution in [3.05, 3.63) is 46.0 Å². The fraction of sp³-hybridized carbons (Fsp3) is 0.474. The van der Waals surface area contributed by atoms with Crippen molar-refractivity contribution in [3.63, 3.8) is 0 Å². The minimum Gasteiger partial charge on any atom is -0.394 e. The molecule has 0 bridgehead atoms. The van der Waals surface area contributed by atoms with E-state index in [0.717, 1.165) is 31.0 Å². The Morgan fingerprint density at radius 3 is 2.79 bits per heavy atom. The number of anilines is 2. The maximum absolute atomic E-state index is 13.9. The third-order valence-corrected chi connectivity index (χ3v) is 5.91. The monoisotopic (exact) mass is 426 g/mol. The predicted molar refractivity (Wildman–Crippen MR) is 107 cm³/mol. The van der Waals surface area contributed by atoms with Gasteiger partial charge in [-0.2, -0.15) is 0 Å². The van der Waals surface area contributed by atoms with Crippen LogP contribution in [0.4, 0.5) is 16.0 Å². The van der Waals surface area contributed by atoms with Crippen LogP contribution in [0.15, 0.2) is 24.5 Å². The quantitative estimate of drug-likeness (QED) is 0.755. The van der Waals surface area contributed by atoms with Gasteiger partial charge in [0.15, 0.2) is 0 Å². The predicted octanol–water partition coefficient (Wildman–Crippen LogP) is 3.46. The van der Waals surface area contributed by atoms with Crippen molar-refractivity contribution >= 4 is 34.8 Å². The molecule has 2 unspecified atom stereocenters. The molecular weight excluding hydrogens is 406 g/mol. The molecule has 9 heteroatoms. The van der Waals surface area contributed by atoms with E-state index in [-0.39, 0.29) is 23.8 Å². The molecule has 3 heterocycles. The number of hydrogen-bond donors (Lipinski definition) is 1. The number of hydrogen-bond acceptors (Lipinski definition) is 6. The molecule has 6 nitrogen and oxygen atoms in total. The van der Waals surface area contributed by atoms with Gasteiger partial charge in [-0.1, -0.05) is 23.2 Å². The summed E-state index contributed by atoms with van der Waals surface area (Å²) in [5, 5.41) is 9.95.